The molecule has 0 radical (unpaired) electrons. The topological polar surface area (TPSA) is 37.3 Å². The van der Waals surface area contributed by atoms with E-state index in [-0.39, 0.29) is 5.78 Å². The average molecular weight is 330 g/mol. The largest absolute Gasteiger partial charge is 0.512 e. The van der Waals surface area contributed by atoms with Crippen molar-refractivity contribution >= 4 is 23.1 Å². The first-order valence-electron chi connectivity index (χ1n) is 8.58. The number of Topliss-reactive ketones (excluding diaryl/α,β-unsaturated/α-hetero) is 1. The van der Waals surface area contributed by atoms with Crippen molar-refractivity contribution in [3.63, 3.8) is 0 Å². The number of rotatable bonds is 2. The summed E-state index contributed by atoms with van der Waals surface area (Å²) in [7, 11) is 0. The summed E-state index contributed by atoms with van der Waals surface area (Å²) in [6, 6.07) is 4.20. The quantitative estimate of drug-likeness (QED) is 0.829. The number of hydrogen-bond acceptors (Lipinski definition) is 3. The summed E-state index contributed by atoms with van der Waals surface area (Å²) in [5.74, 6) is 3.78. The van der Waals surface area contributed by atoms with Gasteiger partial charge in [0.1, 0.15) is 5.76 Å². The van der Waals surface area contributed by atoms with Gasteiger partial charge in [-0.15, -0.1) is 0 Å². The van der Waals surface area contributed by atoms with Gasteiger partial charge in [0.15, 0.2) is 5.78 Å². The van der Waals surface area contributed by atoms with Gasteiger partial charge in [0, 0.05) is 12.8 Å². The number of ketones is 1. The maximum atomic E-state index is 12.8. The van der Waals surface area contributed by atoms with Crippen LogP contribution >= 0.6 is 11.8 Å². The van der Waals surface area contributed by atoms with E-state index >= 15 is 0 Å². The maximum absolute atomic E-state index is 12.8. The standard InChI is InChI=1S/C20H26O2S/c1-12-8-13(2)19(14(3)9-12)20-17(21)10-16(11-18(20)22)15-4-6-23-7-5-15/h8-9,15-16,21H,4-7,10-11H2,1-3H3. The molecule has 1 heterocycles. The number of aliphatic hydroxyl groups excluding tert-OH is 1. The first-order valence-corrected chi connectivity index (χ1v) is 9.74. The van der Waals surface area contributed by atoms with E-state index in [0.29, 0.717) is 36.0 Å². The van der Waals surface area contributed by atoms with Gasteiger partial charge in [-0.3, -0.25) is 4.79 Å². The van der Waals surface area contributed by atoms with E-state index in [4.69, 9.17) is 0 Å². The monoisotopic (exact) mass is 330 g/mol. The van der Waals surface area contributed by atoms with Crippen molar-refractivity contribution in [1.29, 1.82) is 0 Å². The Bertz CT molecular complexity index is 631. The van der Waals surface area contributed by atoms with E-state index in [1.165, 1.54) is 29.9 Å². The van der Waals surface area contributed by atoms with Gasteiger partial charge >= 0.3 is 0 Å². The molecule has 2 aliphatic rings. The lowest BCUT2D eigenvalue weighted by molar-refractivity contribution is -0.115. The molecule has 0 amide bonds. The number of aryl methyl sites for hydroxylation is 3. The zero-order valence-corrected chi connectivity index (χ0v) is 15.1. The minimum absolute atomic E-state index is 0.132. The molecule has 2 nitrogen and oxygen atoms in total. The van der Waals surface area contributed by atoms with Crippen LogP contribution in [0.15, 0.2) is 17.9 Å². The molecule has 1 aliphatic carbocycles. The van der Waals surface area contributed by atoms with E-state index < -0.39 is 0 Å². The van der Waals surface area contributed by atoms with Gasteiger partial charge in [-0.25, -0.2) is 0 Å². The number of thioether (sulfide) groups is 1. The molecule has 0 bridgehead atoms. The molecule has 1 atom stereocenters. The number of carbonyl (C=O) groups is 1. The van der Waals surface area contributed by atoms with Crippen molar-refractivity contribution < 1.29 is 9.90 Å². The predicted molar refractivity (Wildman–Crippen MR) is 98.0 cm³/mol. The molecule has 1 aromatic carbocycles. The van der Waals surface area contributed by atoms with Gasteiger partial charge < -0.3 is 5.11 Å². The molecule has 3 rings (SSSR count). The molecule has 3 heteroatoms. The normalized spacial score (nSPS) is 23.4. The highest BCUT2D eigenvalue weighted by atomic mass is 32.2. The predicted octanol–water partition coefficient (Wildman–Crippen LogP) is 5.00. The van der Waals surface area contributed by atoms with Crippen molar-refractivity contribution in [3.05, 3.63) is 40.1 Å². The van der Waals surface area contributed by atoms with Crippen LogP contribution in [0.3, 0.4) is 0 Å². The minimum atomic E-state index is 0.132. The van der Waals surface area contributed by atoms with Gasteiger partial charge in [-0.05, 0) is 73.6 Å². The second kappa shape index (κ2) is 6.72. The lowest BCUT2D eigenvalue weighted by atomic mass is 9.74. The van der Waals surface area contributed by atoms with E-state index in [1.807, 2.05) is 25.6 Å². The Labute approximate surface area is 143 Å². The number of allylic oxidation sites excluding steroid dienone is 2. The van der Waals surface area contributed by atoms with Crippen LogP contribution in [0.5, 0.6) is 0 Å². The van der Waals surface area contributed by atoms with Crippen molar-refractivity contribution in [2.24, 2.45) is 11.8 Å². The summed E-state index contributed by atoms with van der Waals surface area (Å²) in [6.45, 7) is 6.14. The van der Waals surface area contributed by atoms with Gasteiger partial charge in [-0.2, -0.15) is 11.8 Å². The fourth-order valence-electron chi connectivity index (χ4n) is 4.30. The molecular formula is C20H26O2S. The van der Waals surface area contributed by atoms with E-state index in [2.05, 4.69) is 19.1 Å². The Hall–Kier alpha value is -1.22. The Morgan fingerprint density at radius 2 is 1.61 bits per heavy atom. The lowest BCUT2D eigenvalue weighted by Gasteiger charge is -2.33. The molecule has 1 aromatic rings. The van der Waals surface area contributed by atoms with Crippen LogP contribution in [0.25, 0.3) is 5.57 Å². The maximum Gasteiger partial charge on any atom is 0.167 e. The summed E-state index contributed by atoms with van der Waals surface area (Å²) in [5, 5.41) is 10.7. The van der Waals surface area contributed by atoms with Gasteiger partial charge in [0.05, 0.1) is 5.57 Å². The average Bonchev–Trinajstić information content (AvgIpc) is 2.49. The van der Waals surface area contributed by atoms with Crippen LogP contribution < -0.4 is 0 Å². The number of aliphatic hydroxyl groups is 1. The Morgan fingerprint density at radius 3 is 2.17 bits per heavy atom. The van der Waals surface area contributed by atoms with Crippen LogP contribution in [0, 0.1) is 32.6 Å². The van der Waals surface area contributed by atoms with E-state index in [9.17, 15) is 9.90 Å². The number of hydrogen-bond donors (Lipinski definition) is 1. The molecule has 23 heavy (non-hydrogen) atoms. The minimum Gasteiger partial charge on any atom is -0.512 e. The van der Waals surface area contributed by atoms with Crippen molar-refractivity contribution in [3.8, 4) is 0 Å². The Kier molecular flexibility index (Phi) is 4.86. The van der Waals surface area contributed by atoms with Crippen LogP contribution in [0.1, 0.15) is 47.9 Å². The molecule has 1 unspecified atom stereocenters. The Morgan fingerprint density at radius 1 is 1.00 bits per heavy atom. The van der Waals surface area contributed by atoms with Gasteiger partial charge in [0.25, 0.3) is 0 Å². The Balaban J connectivity index is 1.93. The van der Waals surface area contributed by atoms with Gasteiger partial charge in [-0.1, -0.05) is 17.7 Å². The number of carbonyl (C=O) groups excluding carboxylic acids is 1. The third kappa shape index (κ3) is 3.35. The van der Waals surface area contributed by atoms with E-state index in [0.717, 1.165) is 16.7 Å². The molecule has 1 N–H and O–H groups in total. The highest BCUT2D eigenvalue weighted by Crippen LogP contribution is 2.41. The van der Waals surface area contributed by atoms with Crippen LogP contribution in [-0.4, -0.2) is 22.4 Å². The first kappa shape index (κ1) is 16.6. The highest BCUT2D eigenvalue weighted by molar-refractivity contribution is 7.99. The molecular weight excluding hydrogens is 304 g/mol. The molecule has 0 saturated carbocycles. The smallest absolute Gasteiger partial charge is 0.167 e. The zero-order chi connectivity index (χ0) is 16.6. The summed E-state index contributed by atoms with van der Waals surface area (Å²) >= 11 is 2.01. The van der Waals surface area contributed by atoms with E-state index in [1.54, 1.807) is 0 Å². The number of benzene rings is 1. The molecule has 1 saturated heterocycles. The molecule has 0 aromatic heterocycles. The third-order valence-electron chi connectivity index (χ3n) is 5.33. The molecule has 1 fully saturated rings. The summed E-state index contributed by atoms with van der Waals surface area (Å²) in [5.41, 5.74) is 4.91. The van der Waals surface area contributed by atoms with Crippen molar-refractivity contribution in [1.82, 2.24) is 0 Å². The van der Waals surface area contributed by atoms with Crippen molar-refractivity contribution in [2.45, 2.75) is 46.5 Å². The van der Waals surface area contributed by atoms with Crippen molar-refractivity contribution in [2.75, 3.05) is 11.5 Å². The van der Waals surface area contributed by atoms with Crippen LogP contribution in [0.4, 0.5) is 0 Å². The molecule has 124 valence electrons. The first-order chi connectivity index (χ1) is 11.0. The second-order valence-electron chi connectivity index (χ2n) is 7.14. The molecule has 1 aliphatic heterocycles. The summed E-state index contributed by atoms with van der Waals surface area (Å²) < 4.78 is 0. The van der Waals surface area contributed by atoms with Gasteiger partial charge in [0.2, 0.25) is 0 Å². The second-order valence-corrected chi connectivity index (χ2v) is 8.36. The highest BCUT2D eigenvalue weighted by Gasteiger charge is 2.34. The fraction of sp³-hybridized carbons (Fsp3) is 0.550. The summed E-state index contributed by atoms with van der Waals surface area (Å²) in [4.78, 5) is 12.8. The summed E-state index contributed by atoms with van der Waals surface area (Å²) in [6.07, 6.45) is 3.65. The molecule has 0 spiro atoms. The SMILES string of the molecule is Cc1cc(C)c(C2=C(O)CC(C3CCSCC3)CC2=O)c(C)c1. The zero-order valence-electron chi connectivity index (χ0n) is 14.3. The fourth-order valence-corrected chi connectivity index (χ4v) is 5.45. The van der Waals surface area contributed by atoms with Crippen LogP contribution in [0.2, 0.25) is 0 Å². The lowest BCUT2D eigenvalue weighted by Crippen LogP contribution is -2.27. The van der Waals surface area contributed by atoms with Crippen LogP contribution in [-0.2, 0) is 4.79 Å². The third-order valence-corrected chi connectivity index (χ3v) is 6.38.